The number of carbonyl (C=O) groups is 2. The van der Waals surface area contributed by atoms with Gasteiger partial charge in [-0.15, -0.1) is 0 Å². The summed E-state index contributed by atoms with van der Waals surface area (Å²) in [6.45, 7) is 4.81. The Morgan fingerprint density at radius 1 is 1.03 bits per heavy atom. The predicted octanol–water partition coefficient (Wildman–Crippen LogP) is 4.63. The quantitative estimate of drug-likeness (QED) is 0.298. The number of rotatable bonds is 6. The second-order valence-electron chi connectivity index (χ2n) is 7.68. The number of ketones is 1. The van der Waals surface area contributed by atoms with E-state index in [9.17, 15) is 19.7 Å². The molecule has 1 heterocycles. The highest BCUT2D eigenvalue weighted by atomic mass is 16.6. The maximum atomic E-state index is 12.4. The summed E-state index contributed by atoms with van der Waals surface area (Å²) in [6, 6.07) is 9.88. The molecule has 1 aliphatic heterocycles. The molecule has 0 unspecified atom stereocenters. The molecule has 0 bridgehead atoms. The van der Waals surface area contributed by atoms with E-state index in [-0.39, 0.29) is 17.0 Å². The zero-order valence-corrected chi connectivity index (χ0v) is 17.3. The minimum atomic E-state index is -0.751. The average molecular weight is 410 g/mol. The highest BCUT2D eigenvalue weighted by Gasteiger charge is 2.23. The van der Waals surface area contributed by atoms with Gasteiger partial charge in [0.2, 0.25) is 5.78 Å². The Balaban J connectivity index is 1.74. The number of nitro groups is 1. The van der Waals surface area contributed by atoms with Gasteiger partial charge in [-0.3, -0.25) is 14.9 Å². The zero-order valence-electron chi connectivity index (χ0n) is 17.3. The molecule has 7 nitrogen and oxygen atoms in total. The van der Waals surface area contributed by atoms with Gasteiger partial charge in [0.05, 0.1) is 10.5 Å². The third-order valence-corrected chi connectivity index (χ3v) is 5.38. The van der Waals surface area contributed by atoms with Gasteiger partial charge < -0.3 is 9.64 Å². The number of carbonyl (C=O) groups excluding carboxylic acids is 2. The Labute approximate surface area is 175 Å². The van der Waals surface area contributed by atoms with Crippen molar-refractivity contribution in [3.63, 3.8) is 0 Å². The third kappa shape index (κ3) is 5.03. The minimum absolute atomic E-state index is 0.0639. The predicted molar refractivity (Wildman–Crippen MR) is 114 cm³/mol. The van der Waals surface area contributed by atoms with Crippen LogP contribution in [0.25, 0.3) is 0 Å². The van der Waals surface area contributed by atoms with E-state index in [1.165, 1.54) is 12.1 Å². The van der Waals surface area contributed by atoms with Gasteiger partial charge in [-0.2, -0.15) is 0 Å². The molecule has 0 aliphatic carbocycles. The van der Waals surface area contributed by atoms with Crippen LogP contribution in [0.1, 0.15) is 57.5 Å². The number of aryl methyl sites for hydroxylation is 2. The van der Waals surface area contributed by atoms with E-state index in [1.54, 1.807) is 12.1 Å². The van der Waals surface area contributed by atoms with Gasteiger partial charge in [0.1, 0.15) is 5.69 Å². The smallest absolute Gasteiger partial charge is 0.338 e. The van der Waals surface area contributed by atoms with Gasteiger partial charge >= 0.3 is 5.97 Å². The van der Waals surface area contributed by atoms with Crippen molar-refractivity contribution in [1.82, 2.24) is 0 Å². The molecule has 0 radical (unpaired) electrons. The summed E-state index contributed by atoms with van der Waals surface area (Å²) in [4.78, 5) is 38.0. The van der Waals surface area contributed by atoms with Crippen molar-refractivity contribution in [3.05, 3.63) is 68.8 Å². The summed E-state index contributed by atoms with van der Waals surface area (Å²) in [5.41, 5.74) is 2.71. The number of Topliss-reactive ketones (excluding diaryl/α,β-unsaturated/α-hetero) is 1. The Morgan fingerprint density at radius 2 is 1.73 bits per heavy atom. The number of anilines is 1. The fourth-order valence-corrected chi connectivity index (χ4v) is 3.70. The first-order valence-electron chi connectivity index (χ1n) is 10.2. The summed E-state index contributed by atoms with van der Waals surface area (Å²) in [5, 5.41) is 11.6. The van der Waals surface area contributed by atoms with E-state index >= 15 is 0 Å². The van der Waals surface area contributed by atoms with Crippen LogP contribution >= 0.6 is 0 Å². The number of ether oxygens (including phenoxy) is 1. The van der Waals surface area contributed by atoms with E-state index in [4.69, 9.17) is 4.74 Å². The average Bonchev–Trinajstić information content (AvgIpc) is 3.02. The first-order chi connectivity index (χ1) is 14.4. The van der Waals surface area contributed by atoms with E-state index in [1.807, 2.05) is 30.9 Å². The van der Waals surface area contributed by atoms with Crippen LogP contribution in [0, 0.1) is 24.0 Å². The number of hydrogen-bond acceptors (Lipinski definition) is 6. The Bertz CT molecular complexity index is 962. The normalized spacial score (nSPS) is 14.1. The van der Waals surface area contributed by atoms with Crippen molar-refractivity contribution in [3.8, 4) is 0 Å². The summed E-state index contributed by atoms with van der Waals surface area (Å²) in [5.74, 6) is -1.06. The molecule has 158 valence electrons. The van der Waals surface area contributed by atoms with Crippen LogP contribution in [0.15, 0.2) is 36.4 Å². The largest absolute Gasteiger partial charge is 0.454 e. The Morgan fingerprint density at radius 3 is 2.40 bits per heavy atom. The van der Waals surface area contributed by atoms with Crippen LogP contribution < -0.4 is 4.90 Å². The highest BCUT2D eigenvalue weighted by molar-refractivity contribution is 6.00. The van der Waals surface area contributed by atoms with Crippen molar-refractivity contribution in [1.29, 1.82) is 0 Å². The van der Waals surface area contributed by atoms with Crippen molar-refractivity contribution >= 4 is 23.1 Å². The fourth-order valence-electron chi connectivity index (χ4n) is 3.70. The van der Waals surface area contributed by atoms with E-state index in [0.29, 0.717) is 11.3 Å². The van der Waals surface area contributed by atoms with E-state index in [0.717, 1.165) is 49.9 Å². The first kappa shape index (κ1) is 21.5. The summed E-state index contributed by atoms with van der Waals surface area (Å²) in [7, 11) is 0. The maximum Gasteiger partial charge on any atom is 0.338 e. The van der Waals surface area contributed by atoms with Crippen molar-refractivity contribution < 1.29 is 19.2 Å². The van der Waals surface area contributed by atoms with Gasteiger partial charge in [0, 0.05) is 24.7 Å². The molecule has 3 rings (SSSR count). The minimum Gasteiger partial charge on any atom is -0.454 e. The van der Waals surface area contributed by atoms with Gasteiger partial charge in [-0.25, -0.2) is 4.79 Å². The van der Waals surface area contributed by atoms with Crippen LogP contribution in [0.2, 0.25) is 0 Å². The number of nitrogens with zero attached hydrogens (tertiary/aromatic N) is 2. The number of esters is 1. The summed E-state index contributed by atoms with van der Waals surface area (Å²) in [6.07, 6.45) is 4.20. The van der Waals surface area contributed by atoms with Crippen LogP contribution in [-0.2, 0) is 4.74 Å². The SMILES string of the molecule is Cc1ccc(C)c(C(=O)COC(=O)c2ccc(N3CCCCCC3)c([N+](=O)[O-])c2)c1. The van der Waals surface area contributed by atoms with Crippen molar-refractivity contribution in [2.75, 3.05) is 24.6 Å². The molecule has 0 N–H and O–H groups in total. The molecule has 1 saturated heterocycles. The zero-order chi connectivity index (χ0) is 21.7. The standard InChI is InChI=1S/C23H26N2O5/c1-16-7-8-17(2)19(13-16)22(26)15-30-23(27)18-9-10-20(21(14-18)25(28)29)24-11-5-3-4-6-12-24/h7-10,13-14H,3-6,11-12,15H2,1-2H3. The summed E-state index contributed by atoms with van der Waals surface area (Å²) < 4.78 is 5.15. The monoisotopic (exact) mass is 410 g/mol. The van der Waals surface area contributed by atoms with Gasteiger partial charge in [-0.1, -0.05) is 30.5 Å². The molecule has 0 atom stereocenters. The van der Waals surface area contributed by atoms with Crippen LogP contribution in [0.5, 0.6) is 0 Å². The van der Waals surface area contributed by atoms with Gasteiger partial charge in [0.15, 0.2) is 6.61 Å². The number of nitro benzene ring substituents is 1. The molecule has 1 aliphatic rings. The van der Waals surface area contributed by atoms with Crippen LogP contribution in [0.3, 0.4) is 0 Å². The maximum absolute atomic E-state index is 12.4. The molecule has 0 aromatic heterocycles. The topological polar surface area (TPSA) is 89.8 Å². The molecular weight excluding hydrogens is 384 g/mol. The number of hydrogen-bond donors (Lipinski definition) is 0. The molecule has 1 fully saturated rings. The van der Waals surface area contributed by atoms with Crippen molar-refractivity contribution in [2.45, 2.75) is 39.5 Å². The lowest BCUT2D eigenvalue weighted by Gasteiger charge is -2.22. The second-order valence-corrected chi connectivity index (χ2v) is 7.68. The lowest BCUT2D eigenvalue weighted by molar-refractivity contribution is -0.384. The molecule has 0 amide bonds. The van der Waals surface area contributed by atoms with Gasteiger partial charge in [0.25, 0.3) is 5.69 Å². The van der Waals surface area contributed by atoms with E-state index < -0.39 is 17.5 Å². The van der Waals surface area contributed by atoms with Gasteiger partial charge in [-0.05, 0) is 50.5 Å². The molecule has 0 spiro atoms. The van der Waals surface area contributed by atoms with Crippen molar-refractivity contribution in [2.24, 2.45) is 0 Å². The second kappa shape index (κ2) is 9.52. The molecule has 2 aromatic rings. The molecule has 2 aromatic carbocycles. The molecule has 7 heteroatoms. The van der Waals surface area contributed by atoms with Crippen LogP contribution in [0.4, 0.5) is 11.4 Å². The lowest BCUT2D eigenvalue weighted by Crippen LogP contribution is -2.25. The van der Waals surface area contributed by atoms with Crippen LogP contribution in [-0.4, -0.2) is 36.4 Å². The molecular formula is C23H26N2O5. The summed E-state index contributed by atoms with van der Waals surface area (Å²) >= 11 is 0. The molecule has 30 heavy (non-hydrogen) atoms. The Kier molecular flexibility index (Phi) is 6.82. The van der Waals surface area contributed by atoms with E-state index in [2.05, 4.69) is 0 Å². The fraction of sp³-hybridized carbons (Fsp3) is 0.391. The Hall–Kier alpha value is -3.22. The first-order valence-corrected chi connectivity index (χ1v) is 10.2. The molecule has 0 saturated carbocycles. The highest BCUT2D eigenvalue weighted by Crippen LogP contribution is 2.31. The third-order valence-electron chi connectivity index (χ3n) is 5.38. The number of benzene rings is 2. The lowest BCUT2D eigenvalue weighted by atomic mass is 10.0.